The predicted octanol–water partition coefficient (Wildman–Crippen LogP) is 4.98. The van der Waals surface area contributed by atoms with Crippen molar-refractivity contribution in [2.24, 2.45) is 0 Å². The number of nitrogens with zero attached hydrogens (tertiary/aromatic N) is 1. The number of ether oxygens (including phenoxy) is 1. The summed E-state index contributed by atoms with van der Waals surface area (Å²) in [4.78, 5) is 14.5. The Bertz CT molecular complexity index is 737. The molecule has 1 N–H and O–H groups in total. The highest BCUT2D eigenvalue weighted by molar-refractivity contribution is 5.92. The summed E-state index contributed by atoms with van der Waals surface area (Å²) in [6, 6.07) is 14.0. The normalized spacial score (nSPS) is 10.7. The highest BCUT2D eigenvalue weighted by Crippen LogP contribution is 2.23. The second-order valence-corrected chi connectivity index (χ2v) is 6.74. The molecule has 2 aromatic carbocycles. The minimum Gasteiger partial charge on any atom is -0.484 e. The van der Waals surface area contributed by atoms with Crippen molar-refractivity contribution in [1.29, 1.82) is 0 Å². The lowest BCUT2D eigenvalue weighted by Gasteiger charge is -2.22. The van der Waals surface area contributed by atoms with Crippen LogP contribution in [0.2, 0.25) is 0 Å². The third-order valence-corrected chi connectivity index (χ3v) is 4.51. The van der Waals surface area contributed by atoms with Crippen LogP contribution in [0.15, 0.2) is 42.5 Å². The number of benzene rings is 2. The standard InChI is InChI=1S/C22H30N2O2/c1-6-24(7-2)19-11-12-21(17(5)13-19)23-22(25)15-26-20-10-8-9-18(14-20)16(3)4/h8-14,16H,6-7,15H2,1-5H3,(H,23,25). The third kappa shape index (κ3) is 5.25. The second-order valence-electron chi connectivity index (χ2n) is 6.74. The largest absolute Gasteiger partial charge is 0.484 e. The van der Waals surface area contributed by atoms with Crippen LogP contribution in [0.4, 0.5) is 11.4 Å². The van der Waals surface area contributed by atoms with Gasteiger partial charge >= 0.3 is 0 Å². The Kier molecular flexibility index (Phi) is 7.07. The zero-order chi connectivity index (χ0) is 19.1. The van der Waals surface area contributed by atoms with E-state index in [4.69, 9.17) is 4.74 Å². The average molecular weight is 354 g/mol. The summed E-state index contributed by atoms with van der Waals surface area (Å²) >= 11 is 0. The maximum Gasteiger partial charge on any atom is 0.262 e. The van der Waals surface area contributed by atoms with Crippen LogP contribution in [0.3, 0.4) is 0 Å². The number of aryl methyl sites for hydroxylation is 1. The monoisotopic (exact) mass is 354 g/mol. The van der Waals surface area contributed by atoms with Gasteiger partial charge in [0.2, 0.25) is 0 Å². The number of hydrogen-bond donors (Lipinski definition) is 1. The molecule has 1 amide bonds. The van der Waals surface area contributed by atoms with E-state index in [1.165, 1.54) is 11.3 Å². The average Bonchev–Trinajstić information content (AvgIpc) is 2.63. The lowest BCUT2D eigenvalue weighted by Crippen LogP contribution is -2.23. The van der Waals surface area contributed by atoms with Crippen LogP contribution in [0.5, 0.6) is 5.75 Å². The first-order valence-corrected chi connectivity index (χ1v) is 9.32. The van der Waals surface area contributed by atoms with E-state index < -0.39 is 0 Å². The quantitative estimate of drug-likeness (QED) is 0.727. The maximum absolute atomic E-state index is 12.2. The molecule has 0 unspecified atom stereocenters. The molecule has 0 aliphatic carbocycles. The summed E-state index contributed by atoms with van der Waals surface area (Å²) in [7, 11) is 0. The fourth-order valence-electron chi connectivity index (χ4n) is 2.87. The van der Waals surface area contributed by atoms with E-state index in [0.29, 0.717) is 5.92 Å². The van der Waals surface area contributed by atoms with E-state index in [0.717, 1.165) is 30.1 Å². The van der Waals surface area contributed by atoms with Crippen LogP contribution in [0, 0.1) is 6.92 Å². The van der Waals surface area contributed by atoms with Gasteiger partial charge in [-0.1, -0.05) is 26.0 Å². The van der Waals surface area contributed by atoms with Gasteiger partial charge in [0, 0.05) is 24.5 Å². The highest BCUT2D eigenvalue weighted by atomic mass is 16.5. The van der Waals surface area contributed by atoms with Crippen LogP contribution in [-0.4, -0.2) is 25.6 Å². The van der Waals surface area contributed by atoms with Crippen molar-refractivity contribution in [3.8, 4) is 5.75 Å². The van der Waals surface area contributed by atoms with E-state index in [1.807, 2.05) is 37.3 Å². The Balaban J connectivity index is 1.96. The Morgan fingerprint density at radius 2 is 1.85 bits per heavy atom. The van der Waals surface area contributed by atoms with Crippen molar-refractivity contribution in [1.82, 2.24) is 0 Å². The molecule has 4 heteroatoms. The maximum atomic E-state index is 12.2. The van der Waals surface area contributed by atoms with E-state index in [1.54, 1.807) is 0 Å². The van der Waals surface area contributed by atoms with Gasteiger partial charge in [-0.15, -0.1) is 0 Å². The van der Waals surface area contributed by atoms with Crippen molar-refractivity contribution in [3.63, 3.8) is 0 Å². The first-order valence-electron chi connectivity index (χ1n) is 9.32. The number of nitrogens with one attached hydrogen (secondary N) is 1. The Morgan fingerprint density at radius 3 is 2.46 bits per heavy atom. The Labute approximate surface area is 157 Å². The smallest absolute Gasteiger partial charge is 0.262 e. The molecular weight excluding hydrogens is 324 g/mol. The highest BCUT2D eigenvalue weighted by Gasteiger charge is 2.09. The minimum atomic E-state index is -0.154. The summed E-state index contributed by atoms with van der Waals surface area (Å²) in [6.45, 7) is 12.5. The Morgan fingerprint density at radius 1 is 1.12 bits per heavy atom. The SMILES string of the molecule is CCN(CC)c1ccc(NC(=O)COc2cccc(C(C)C)c2)c(C)c1. The molecule has 0 heterocycles. The zero-order valence-corrected chi connectivity index (χ0v) is 16.5. The molecular formula is C22H30N2O2. The van der Waals surface area contributed by atoms with Crippen molar-refractivity contribution in [2.75, 3.05) is 29.9 Å². The van der Waals surface area contributed by atoms with Crippen LogP contribution in [0.1, 0.15) is 44.7 Å². The zero-order valence-electron chi connectivity index (χ0n) is 16.5. The van der Waals surface area contributed by atoms with Gasteiger partial charge in [-0.3, -0.25) is 4.79 Å². The minimum absolute atomic E-state index is 0.00121. The molecule has 2 rings (SSSR count). The number of carbonyl (C=O) groups is 1. The van der Waals surface area contributed by atoms with Crippen LogP contribution < -0.4 is 15.0 Å². The second kappa shape index (κ2) is 9.27. The first-order chi connectivity index (χ1) is 12.4. The molecule has 0 fully saturated rings. The van der Waals surface area contributed by atoms with Crippen LogP contribution >= 0.6 is 0 Å². The molecule has 0 bridgehead atoms. The number of hydrogen-bond acceptors (Lipinski definition) is 3. The van der Waals surface area contributed by atoms with Crippen molar-refractivity contribution in [2.45, 2.75) is 40.5 Å². The predicted molar refractivity (Wildman–Crippen MR) is 109 cm³/mol. The molecule has 0 saturated carbocycles. The van der Waals surface area contributed by atoms with E-state index in [2.05, 4.69) is 50.0 Å². The van der Waals surface area contributed by atoms with E-state index >= 15 is 0 Å². The van der Waals surface area contributed by atoms with Gasteiger partial charge in [-0.2, -0.15) is 0 Å². The third-order valence-electron chi connectivity index (χ3n) is 4.51. The van der Waals surface area contributed by atoms with Crippen molar-refractivity contribution < 1.29 is 9.53 Å². The van der Waals surface area contributed by atoms with Gasteiger partial charge < -0.3 is 15.0 Å². The molecule has 0 atom stereocenters. The molecule has 0 radical (unpaired) electrons. The Hall–Kier alpha value is -2.49. The fraction of sp³-hybridized carbons (Fsp3) is 0.409. The fourth-order valence-corrected chi connectivity index (χ4v) is 2.87. The van der Waals surface area contributed by atoms with Crippen molar-refractivity contribution in [3.05, 3.63) is 53.6 Å². The first kappa shape index (κ1) is 19.8. The van der Waals surface area contributed by atoms with Crippen LogP contribution in [0.25, 0.3) is 0 Å². The number of carbonyl (C=O) groups excluding carboxylic acids is 1. The van der Waals surface area contributed by atoms with Gasteiger partial charge in [0.05, 0.1) is 0 Å². The summed E-state index contributed by atoms with van der Waals surface area (Å²) in [6.07, 6.45) is 0. The molecule has 0 spiro atoms. The molecule has 4 nitrogen and oxygen atoms in total. The van der Waals surface area contributed by atoms with Crippen LogP contribution in [-0.2, 0) is 4.79 Å². The molecule has 0 aliphatic rings. The van der Waals surface area contributed by atoms with Gasteiger partial charge in [-0.05, 0) is 68.1 Å². The van der Waals surface area contributed by atoms with E-state index in [9.17, 15) is 4.79 Å². The van der Waals surface area contributed by atoms with Gasteiger partial charge in [0.1, 0.15) is 5.75 Å². The van der Waals surface area contributed by atoms with E-state index in [-0.39, 0.29) is 12.5 Å². The lowest BCUT2D eigenvalue weighted by atomic mass is 10.0. The number of anilines is 2. The molecule has 0 aliphatic heterocycles. The topological polar surface area (TPSA) is 41.6 Å². The lowest BCUT2D eigenvalue weighted by molar-refractivity contribution is -0.118. The van der Waals surface area contributed by atoms with Gasteiger partial charge in [-0.25, -0.2) is 0 Å². The number of amides is 1. The summed E-state index contributed by atoms with van der Waals surface area (Å²) < 4.78 is 5.65. The number of rotatable bonds is 8. The summed E-state index contributed by atoms with van der Waals surface area (Å²) in [5, 5.41) is 2.94. The molecule has 0 saturated heterocycles. The van der Waals surface area contributed by atoms with Gasteiger partial charge in [0.15, 0.2) is 6.61 Å². The summed E-state index contributed by atoms with van der Waals surface area (Å²) in [5.74, 6) is 0.998. The van der Waals surface area contributed by atoms with Crippen molar-refractivity contribution >= 4 is 17.3 Å². The molecule has 2 aromatic rings. The molecule has 140 valence electrons. The summed E-state index contributed by atoms with van der Waals surface area (Å²) in [5.41, 5.74) is 4.24. The molecule has 0 aromatic heterocycles. The molecule has 26 heavy (non-hydrogen) atoms. The van der Waals surface area contributed by atoms with Gasteiger partial charge in [0.25, 0.3) is 5.91 Å².